The molecule has 0 saturated carbocycles. The van der Waals surface area contributed by atoms with E-state index in [4.69, 9.17) is 5.73 Å². The van der Waals surface area contributed by atoms with E-state index in [2.05, 4.69) is 9.44 Å². The van der Waals surface area contributed by atoms with Gasteiger partial charge >= 0.3 is 0 Å². The van der Waals surface area contributed by atoms with Gasteiger partial charge in [0.05, 0.1) is 0 Å². The van der Waals surface area contributed by atoms with Crippen LogP contribution >= 0.6 is 0 Å². The van der Waals surface area contributed by atoms with Crippen molar-refractivity contribution in [3.8, 4) is 0 Å². The highest BCUT2D eigenvalue weighted by molar-refractivity contribution is 7.87. The Labute approximate surface area is 80.3 Å². The highest BCUT2D eigenvalue weighted by atomic mass is 32.2. The van der Waals surface area contributed by atoms with Gasteiger partial charge in [0.15, 0.2) is 0 Å². The fourth-order valence-electron chi connectivity index (χ4n) is 0.753. The molecule has 0 aromatic heterocycles. The maximum Gasteiger partial charge on any atom is 0.277 e. The van der Waals surface area contributed by atoms with Crippen LogP contribution < -0.4 is 15.2 Å². The first-order chi connectivity index (χ1) is 5.77. The van der Waals surface area contributed by atoms with E-state index in [1.54, 1.807) is 6.92 Å². The molecule has 0 aliphatic rings. The molecule has 4 N–H and O–H groups in total. The Balaban J connectivity index is 4.65. The van der Waals surface area contributed by atoms with Crippen molar-refractivity contribution < 1.29 is 8.42 Å². The van der Waals surface area contributed by atoms with Gasteiger partial charge in [-0.3, -0.25) is 0 Å². The van der Waals surface area contributed by atoms with Gasteiger partial charge in [-0.05, 0) is 12.8 Å². The van der Waals surface area contributed by atoms with E-state index in [9.17, 15) is 8.42 Å². The van der Waals surface area contributed by atoms with Gasteiger partial charge in [0.25, 0.3) is 10.2 Å². The molecule has 13 heavy (non-hydrogen) atoms. The van der Waals surface area contributed by atoms with Crippen molar-refractivity contribution in [2.45, 2.75) is 26.3 Å². The van der Waals surface area contributed by atoms with Crippen LogP contribution in [0, 0.1) is 5.92 Å². The maximum atomic E-state index is 11.2. The van der Waals surface area contributed by atoms with Crippen LogP contribution in [0.4, 0.5) is 0 Å². The van der Waals surface area contributed by atoms with E-state index < -0.39 is 15.7 Å². The molecule has 80 valence electrons. The van der Waals surface area contributed by atoms with Gasteiger partial charge in [-0.1, -0.05) is 13.8 Å². The molecule has 1 atom stereocenters. The van der Waals surface area contributed by atoms with Crippen molar-refractivity contribution in [3.63, 3.8) is 0 Å². The number of nitrogens with one attached hydrogen (secondary N) is 2. The lowest BCUT2D eigenvalue weighted by Crippen LogP contribution is -2.57. The Hall–Kier alpha value is -0.170. The van der Waals surface area contributed by atoms with Crippen LogP contribution in [0.2, 0.25) is 0 Å². The van der Waals surface area contributed by atoms with E-state index in [-0.39, 0.29) is 12.5 Å². The first kappa shape index (κ1) is 12.8. The Morgan fingerprint density at radius 2 is 1.92 bits per heavy atom. The van der Waals surface area contributed by atoms with E-state index in [0.29, 0.717) is 0 Å². The summed E-state index contributed by atoms with van der Waals surface area (Å²) in [6.45, 7) is 5.90. The predicted molar refractivity (Wildman–Crippen MR) is 53.4 cm³/mol. The van der Waals surface area contributed by atoms with Gasteiger partial charge in [-0.2, -0.15) is 13.1 Å². The number of nitrogens with two attached hydrogens (primary N) is 1. The molecule has 5 nitrogen and oxygen atoms in total. The molecule has 0 amide bonds. The molecule has 0 aromatic carbocycles. The molecular formula is C7H19N3O2S. The van der Waals surface area contributed by atoms with Crippen LogP contribution in [-0.4, -0.2) is 27.5 Å². The number of rotatable bonds is 5. The van der Waals surface area contributed by atoms with Gasteiger partial charge in [0.2, 0.25) is 0 Å². The molecule has 0 aliphatic carbocycles. The molecule has 0 aromatic rings. The maximum absolute atomic E-state index is 11.2. The van der Waals surface area contributed by atoms with E-state index in [0.717, 1.165) is 0 Å². The van der Waals surface area contributed by atoms with Crippen molar-refractivity contribution in [2.75, 3.05) is 13.6 Å². The van der Waals surface area contributed by atoms with Crippen LogP contribution in [0.15, 0.2) is 0 Å². The summed E-state index contributed by atoms with van der Waals surface area (Å²) in [5, 5.41) is 0. The largest absolute Gasteiger partial charge is 0.329 e. The summed E-state index contributed by atoms with van der Waals surface area (Å²) >= 11 is 0. The van der Waals surface area contributed by atoms with Crippen LogP contribution in [-0.2, 0) is 10.2 Å². The Morgan fingerprint density at radius 1 is 1.46 bits per heavy atom. The molecule has 0 fully saturated rings. The molecule has 6 heteroatoms. The van der Waals surface area contributed by atoms with Gasteiger partial charge in [-0.25, -0.2) is 4.72 Å². The van der Waals surface area contributed by atoms with E-state index in [1.165, 1.54) is 7.05 Å². The number of hydrogen-bond donors (Lipinski definition) is 3. The number of hydrogen-bond acceptors (Lipinski definition) is 3. The molecule has 0 rings (SSSR count). The Kier molecular flexibility index (Phi) is 4.31. The summed E-state index contributed by atoms with van der Waals surface area (Å²) in [6, 6.07) is 0. The highest BCUT2D eigenvalue weighted by Gasteiger charge is 2.30. The Morgan fingerprint density at radius 3 is 2.15 bits per heavy atom. The van der Waals surface area contributed by atoms with Gasteiger partial charge in [0, 0.05) is 19.1 Å². The molecule has 0 saturated heterocycles. The minimum Gasteiger partial charge on any atom is -0.329 e. The molecule has 1 unspecified atom stereocenters. The SMILES string of the molecule is CNS(=O)(=O)NC(C)(CN)C(C)C. The standard InChI is InChI=1S/C7H19N3O2S/c1-6(2)7(3,5-8)10-13(11,12)9-4/h6,9-10H,5,8H2,1-4H3. The molecular weight excluding hydrogens is 190 g/mol. The summed E-state index contributed by atoms with van der Waals surface area (Å²) < 4.78 is 27.1. The fourth-order valence-corrected chi connectivity index (χ4v) is 1.79. The lowest BCUT2D eigenvalue weighted by Gasteiger charge is -2.32. The highest BCUT2D eigenvalue weighted by Crippen LogP contribution is 2.15. The van der Waals surface area contributed by atoms with Crippen LogP contribution in [0.3, 0.4) is 0 Å². The summed E-state index contributed by atoms with van der Waals surface area (Å²) in [7, 11) is -2.05. The quantitative estimate of drug-likeness (QED) is 0.566. The second kappa shape index (κ2) is 4.36. The topological polar surface area (TPSA) is 84.2 Å². The Bertz CT molecular complexity index is 250. The average molecular weight is 209 g/mol. The van der Waals surface area contributed by atoms with E-state index >= 15 is 0 Å². The second-order valence-corrected chi connectivity index (χ2v) is 5.21. The smallest absolute Gasteiger partial charge is 0.277 e. The monoisotopic (exact) mass is 209 g/mol. The predicted octanol–water partition coefficient (Wildman–Crippen LogP) is -0.586. The normalized spacial score (nSPS) is 17.4. The van der Waals surface area contributed by atoms with E-state index in [1.807, 2.05) is 13.8 Å². The summed E-state index contributed by atoms with van der Waals surface area (Å²) in [5.41, 5.74) is 4.92. The lowest BCUT2D eigenvalue weighted by molar-refractivity contribution is 0.314. The third-order valence-electron chi connectivity index (χ3n) is 2.33. The summed E-state index contributed by atoms with van der Waals surface area (Å²) in [6.07, 6.45) is 0. The zero-order valence-electron chi connectivity index (χ0n) is 8.59. The van der Waals surface area contributed by atoms with Crippen molar-refractivity contribution in [2.24, 2.45) is 11.7 Å². The van der Waals surface area contributed by atoms with Gasteiger partial charge in [0.1, 0.15) is 0 Å². The van der Waals surface area contributed by atoms with Gasteiger partial charge in [-0.15, -0.1) is 0 Å². The third-order valence-corrected chi connectivity index (χ3v) is 3.61. The molecule has 0 heterocycles. The molecule has 0 bridgehead atoms. The van der Waals surface area contributed by atoms with Crippen LogP contribution in [0.25, 0.3) is 0 Å². The first-order valence-corrected chi connectivity index (χ1v) is 5.68. The summed E-state index contributed by atoms with van der Waals surface area (Å²) in [4.78, 5) is 0. The zero-order chi connectivity index (χ0) is 10.7. The second-order valence-electron chi connectivity index (χ2n) is 3.59. The fraction of sp³-hybridized carbons (Fsp3) is 1.00. The minimum atomic E-state index is -3.41. The molecule has 0 radical (unpaired) electrons. The van der Waals surface area contributed by atoms with Crippen LogP contribution in [0.1, 0.15) is 20.8 Å². The molecule has 0 spiro atoms. The van der Waals surface area contributed by atoms with Crippen molar-refractivity contribution in [3.05, 3.63) is 0 Å². The third kappa shape index (κ3) is 3.60. The zero-order valence-corrected chi connectivity index (χ0v) is 9.40. The first-order valence-electron chi connectivity index (χ1n) is 4.20. The van der Waals surface area contributed by atoms with Gasteiger partial charge < -0.3 is 5.73 Å². The molecule has 0 aliphatic heterocycles. The van der Waals surface area contributed by atoms with Crippen molar-refractivity contribution in [1.29, 1.82) is 0 Å². The average Bonchev–Trinajstić information content (AvgIpc) is 2.03. The van der Waals surface area contributed by atoms with Crippen molar-refractivity contribution in [1.82, 2.24) is 9.44 Å². The lowest BCUT2D eigenvalue weighted by atomic mass is 9.90. The minimum absolute atomic E-state index is 0.139. The summed E-state index contributed by atoms with van der Waals surface area (Å²) in [5.74, 6) is 0.139. The van der Waals surface area contributed by atoms with Crippen LogP contribution in [0.5, 0.6) is 0 Å². The van der Waals surface area contributed by atoms with Crippen molar-refractivity contribution >= 4 is 10.2 Å².